The zero-order valence-corrected chi connectivity index (χ0v) is 11.4. The molecular weight excluding hydrogens is 238 g/mol. The first-order chi connectivity index (χ1) is 9.04. The molecule has 0 heterocycles. The molecule has 1 aromatic rings. The summed E-state index contributed by atoms with van der Waals surface area (Å²) < 4.78 is 0. The molecule has 0 radical (unpaired) electrons. The smallest absolute Gasteiger partial charge is 0.252 e. The Hall–Kier alpha value is -1.79. The van der Waals surface area contributed by atoms with Crippen LogP contribution in [-0.2, 0) is 0 Å². The fourth-order valence-corrected chi connectivity index (χ4v) is 1.87. The first kappa shape index (κ1) is 13.6. The molecule has 0 aromatic heterocycles. The number of aliphatic hydroxyl groups excluding tert-OH is 1. The highest BCUT2D eigenvalue weighted by molar-refractivity contribution is 5.97. The van der Waals surface area contributed by atoms with E-state index in [-0.39, 0.29) is 17.9 Å². The largest absolute Gasteiger partial charge is 0.384 e. The topological polar surface area (TPSA) is 49.3 Å². The molecule has 0 spiro atoms. The maximum Gasteiger partial charge on any atom is 0.252 e. The second-order valence-electron chi connectivity index (χ2n) is 5.50. The maximum absolute atomic E-state index is 12.2. The molecule has 3 nitrogen and oxygen atoms in total. The van der Waals surface area contributed by atoms with Gasteiger partial charge in [-0.1, -0.05) is 30.4 Å². The first-order valence-electron chi connectivity index (χ1n) is 6.53. The van der Waals surface area contributed by atoms with Crippen molar-refractivity contribution >= 4 is 5.91 Å². The van der Waals surface area contributed by atoms with Crippen LogP contribution in [0.5, 0.6) is 0 Å². The van der Waals surface area contributed by atoms with Crippen molar-refractivity contribution in [1.29, 1.82) is 0 Å². The van der Waals surface area contributed by atoms with Gasteiger partial charge in [0.15, 0.2) is 0 Å². The average molecular weight is 257 g/mol. The number of nitrogens with one attached hydrogen (secondary N) is 1. The lowest BCUT2D eigenvalue weighted by atomic mass is 10.0. The van der Waals surface area contributed by atoms with Gasteiger partial charge in [0, 0.05) is 12.1 Å². The predicted octanol–water partition coefficient (Wildman–Crippen LogP) is 1.87. The van der Waals surface area contributed by atoms with E-state index in [1.54, 1.807) is 0 Å². The van der Waals surface area contributed by atoms with E-state index in [9.17, 15) is 4.79 Å². The van der Waals surface area contributed by atoms with Gasteiger partial charge in [0.1, 0.15) is 6.61 Å². The van der Waals surface area contributed by atoms with E-state index >= 15 is 0 Å². The van der Waals surface area contributed by atoms with Gasteiger partial charge < -0.3 is 10.4 Å². The number of benzene rings is 1. The molecule has 0 bridgehead atoms. The molecule has 1 saturated carbocycles. The molecule has 1 aliphatic rings. The molecule has 0 saturated heterocycles. The number of carbonyl (C=O) groups excluding carboxylic acids is 1. The Morgan fingerprint density at radius 3 is 2.84 bits per heavy atom. The molecule has 1 aliphatic carbocycles. The van der Waals surface area contributed by atoms with Crippen LogP contribution in [0.2, 0.25) is 0 Å². The third-order valence-corrected chi connectivity index (χ3v) is 3.50. The van der Waals surface area contributed by atoms with E-state index in [2.05, 4.69) is 24.1 Å². The lowest BCUT2D eigenvalue weighted by molar-refractivity contribution is 0.0946. The van der Waals surface area contributed by atoms with Crippen LogP contribution in [0.15, 0.2) is 18.2 Å². The quantitative estimate of drug-likeness (QED) is 0.812. The van der Waals surface area contributed by atoms with Gasteiger partial charge in [0.25, 0.3) is 5.91 Å². The molecule has 2 rings (SSSR count). The molecule has 0 atom stereocenters. The zero-order chi connectivity index (χ0) is 13.9. The van der Waals surface area contributed by atoms with Gasteiger partial charge in [-0.05, 0) is 37.3 Å². The minimum Gasteiger partial charge on any atom is -0.384 e. The van der Waals surface area contributed by atoms with Crippen molar-refractivity contribution in [2.75, 3.05) is 13.2 Å². The van der Waals surface area contributed by atoms with Gasteiger partial charge in [-0.2, -0.15) is 0 Å². The van der Waals surface area contributed by atoms with Crippen LogP contribution in [0.25, 0.3) is 0 Å². The number of aliphatic hydroxyl groups is 1. The summed E-state index contributed by atoms with van der Waals surface area (Å²) in [4.78, 5) is 12.2. The van der Waals surface area contributed by atoms with E-state index in [1.165, 1.54) is 12.8 Å². The molecule has 19 heavy (non-hydrogen) atoms. The highest BCUT2D eigenvalue weighted by atomic mass is 16.2. The van der Waals surface area contributed by atoms with Crippen molar-refractivity contribution in [3.8, 4) is 11.8 Å². The Labute approximate surface area is 114 Å². The lowest BCUT2D eigenvalue weighted by Gasteiger charge is -2.11. The summed E-state index contributed by atoms with van der Waals surface area (Å²) in [5.41, 5.74) is 2.57. The van der Waals surface area contributed by atoms with Crippen molar-refractivity contribution in [3.63, 3.8) is 0 Å². The Morgan fingerprint density at radius 2 is 2.21 bits per heavy atom. The van der Waals surface area contributed by atoms with Gasteiger partial charge in [-0.15, -0.1) is 0 Å². The third-order valence-electron chi connectivity index (χ3n) is 3.50. The summed E-state index contributed by atoms with van der Waals surface area (Å²) in [6.07, 6.45) is 2.36. The summed E-state index contributed by atoms with van der Waals surface area (Å²) >= 11 is 0. The second kappa shape index (κ2) is 5.46. The molecule has 2 N–H and O–H groups in total. The van der Waals surface area contributed by atoms with Crippen molar-refractivity contribution < 1.29 is 9.90 Å². The van der Waals surface area contributed by atoms with Crippen molar-refractivity contribution in [3.05, 3.63) is 34.9 Å². The zero-order valence-electron chi connectivity index (χ0n) is 11.4. The highest BCUT2D eigenvalue weighted by Crippen LogP contribution is 2.44. The molecule has 0 unspecified atom stereocenters. The van der Waals surface area contributed by atoms with Crippen LogP contribution in [-0.4, -0.2) is 24.2 Å². The SMILES string of the molecule is Cc1ccc(C#CCO)c(C(=O)NCC2(C)CC2)c1. The monoisotopic (exact) mass is 257 g/mol. The Morgan fingerprint density at radius 1 is 1.47 bits per heavy atom. The molecule has 1 amide bonds. The standard InChI is InChI=1S/C16H19NO2/c1-12-5-6-13(4-3-9-18)14(10-12)15(19)17-11-16(2)7-8-16/h5-6,10,18H,7-9,11H2,1-2H3,(H,17,19). The van der Waals surface area contributed by atoms with Crippen LogP contribution in [0.1, 0.15) is 41.3 Å². The van der Waals surface area contributed by atoms with Gasteiger partial charge in [-0.25, -0.2) is 0 Å². The molecule has 1 aromatic carbocycles. The Bertz CT molecular complexity index is 548. The molecule has 0 aliphatic heterocycles. The van der Waals surface area contributed by atoms with E-state index in [0.717, 1.165) is 5.56 Å². The average Bonchev–Trinajstić information content (AvgIpc) is 3.13. The molecule has 1 fully saturated rings. The number of amides is 1. The highest BCUT2D eigenvalue weighted by Gasteiger charge is 2.37. The number of rotatable bonds is 3. The predicted molar refractivity (Wildman–Crippen MR) is 74.8 cm³/mol. The lowest BCUT2D eigenvalue weighted by Crippen LogP contribution is -2.29. The van der Waals surface area contributed by atoms with Crippen molar-refractivity contribution in [2.24, 2.45) is 5.41 Å². The van der Waals surface area contributed by atoms with Crippen molar-refractivity contribution in [2.45, 2.75) is 26.7 Å². The summed E-state index contributed by atoms with van der Waals surface area (Å²) in [6.45, 7) is 4.64. The minimum atomic E-state index is -0.201. The number of carbonyl (C=O) groups is 1. The van der Waals surface area contributed by atoms with Crippen LogP contribution < -0.4 is 5.32 Å². The van der Waals surface area contributed by atoms with Gasteiger partial charge in [-0.3, -0.25) is 4.79 Å². The fourth-order valence-electron chi connectivity index (χ4n) is 1.87. The summed E-state index contributed by atoms with van der Waals surface area (Å²) in [5, 5.41) is 11.7. The van der Waals surface area contributed by atoms with Crippen LogP contribution in [0.4, 0.5) is 0 Å². The van der Waals surface area contributed by atoms with E-state index < -0.39 is 0 Å². The van der Waals surface area contributed by atoms with Gasteiger partial charge in [0.05, 0.1) is 5.56 Å². The number of hydrogen-bond donors (Lipinski definition) is 2. The Kier molecular flexibility index (Phi) is 3.92. The normalized spacial score (nSPS) is 15.3. The fraction of sp³-hybridized carbons (Fsp3) is 0.438. The molecular formula is C16H19NO2. The van der Waals surface area contributed by atoms with Crippen molar-refractivity contribution in [1.82, 2.24) is 5.32 Å². The van der Waals surface area contributed by atoms with Crippen LogP contribution in [0.3, 0.4) is 0 Å². The van der Waals surface area contributed by atoms with E-state index in [0.29, 0.717) is 17.7 Å². The van der Waals surface area contributed by atoms with Crippen LogP contribution in [0, 0.1) is 24.2 Å². The molecule has 3 heteroatoms. The minimum absolute atomic E-state index is 0.0842. The summed E-state index contributed by atoms with van der Waals surface area (Å²) in [5.74, 6) is 5.33. The van der Waals surface area contributed by atoms with E-state index in [1.807, 2.05) is 25.1 Å². The second-order valence-corrected chi connectivity index (χ2v) is 5.50. The number of aryl methyl sites for hydroxylation is 1. The summed E-state index contributed by atoms with van der Waals surface area (Å²) in [7, 11) is 0. The third kappa shape index (κ3) is 3.59. The number of hydrogen-bond acceptors (Lipinski definition) is 2. The maximum atomic E-state index is 12.2. The van der Waals surface area contributed by atoms with E-state index in [4.69, 9.17) is 5.11 Å². The van der Waals surface area contributed by atoms with Gasteiger partial charge in [0.2, 0.25) is 0 Å². The molecule has 100 valence electrons. The van der Waals surface area contributed by atoms with Gasteiger partial charge >= 0.3 is 0 Å². The first-order valence-corrected chi connectivity index (χ1v) is 6.53. The van der Waals surface area contributed by atoms with Crippen LogP contribution >= 0.6 is 0 Å². The summed E-state index contributed by atoms with van der Waals surface area (Å²) in [6, 6.07) is 5.58. The Balaban J connectivity index is 2.16.